The van der Waals surface area contributed by atoms with Crippen molar-refractivity contribution in [3.8, 4) is 28.2 Å². The van der Waals surface area contributed by atoms with Crippen LogP contribution in [-0.4, -0.2) is 9.55 Å². The summed E-state index contributed by atoms with van der Waals surface area (Å²) in [5.41, 5.74) is 10.8. The van der Waals surface area contributed by atoms with Gasteiger partial charge in [-0.15, -0.1) is 0 Å². The lowest BCUT2D eigenvalue weighted by atomic mass is 9.88. The van der Waals surface area contributed by atoms with Crippen LogP contribution in [0.3, 0.4) is 0 Å². The minimum absolute atomic E-state index is 0.936. The van der Waals surface area contributed by atoms with Crippen molar-refractivity contribution in [1.82, 2.24) is 9.55 Å². The molecular formula is C35H34N2O. The van der Waals surface area contributed by atoms with E-state index >= 15 is 0 Å². The summed E-state index contributed by atoms with van der Waals surface area (Å²) in [6, 6.07) is 27.9. The molecule has 3 heteroatoms. The van der Waals surface area contributed by atoms with Gasteiger partial charge in [-0.3, -0.25) is 4.57 Å². The van der Waals surface area contributed by atoms with Crippen LogP contribution in [0.2, 0.25) is 0 Å². The van der Waals surface area contributed by atoms with Crippen LogP contribution in [0, 0.1) is 13.8 Å². The first-order chi connectivity index (χ1) is 18.7. The van der Waals surface area contributed by atoms with Crippen LogP contribution in [0.25, 0.3) is 50.1 Å². The topological polar surface area (TPSA) is 31.0 Å². The molecule has 3 nitrogen and oxygen atoms in total. The number of fused-ring (bicyclic) bond motifs is 3. The van der Waals surface area contributed by atoms with Gasteiger partial charge in [0.2, 0.25) is 0 Å². The molecule has 38 heavy (non-hydrogen) atoms. The van der Waals surface area contributed by atoms with E-state index in [4.69, 9.17) is 9.40 Å². The number of hydrogen-bond acceptors (Lipinski definition) is 2. The van der Waals surface area contributed by atoms with Gasteiger partial charge in [-0.05, 0) is 72.7 Å². The van der Waals surface area contributed by atoms with Gasteiger partial charge in [0, 0.05) is 28.7 Å². The van der Waals surface area contributed by atoms with Crippen molar-refractivity contribution in [2.75, 3.05) is 0 Å². The summed E-state index contributed by atoms with van der Waals surface area (Å²) in [6.07, 6.45) is 10.1. The van der Waals surface area contributed by atoms with E-state index < -0.39 is 0 Å². The maximum absolute atomic E-state index is 6.15. The fourth-order valence-electron chi connectivity index (χ4n) is 5.94. The molecular weight excluding hydrogens is 464 g/mol. The Morgan fingerprint density at radius 3 is 2.39 bits per heavy atom. The number of rotatable bonds is 8. The predicted molar refractivity (Wildman–Crippen MR) is 159 cm³/mol. The number of aryl methyl sites for hydroxylation is 2. The third-order valence-electron chi connectivity index (χ3n) is 7.69. The molecule has 0 bridgehead atoms. The van der Waals surface area contributed by atoms with E-state index in [0.717, 1.165) is 29.0 Å². The number of imidazole rings is 1. The maximum atomic E-state index is 6.15. The summed E-state index contributed by atoms with van der Waals surface area (Å²) in [6.45, 7) is 6.79. The van der Waals surface area contributed by atoms with Gasteiger partial charge in [-0.1, -0.05) is 86.8 Å². The number of para-hydroxylation sites is 1. The standard InChI is InChI=1S/C35H34N2O/c1-4-5-6-8-15-27-22-24(2)34(37-21-20-36-35(37)26-13-9-7-10-14-26)25(3)33(27)28-18-19-32-30(23-28)29-16-11-12-17-31(29)38-32/h7,9-14,16-23H,4-6,8,15H2,1-3H3. The predicted octanol–water partition coefficient (Wildman–Crippen LogP) is 9.85. The van der Waals surface area contributed by atoms with E-state index in [1.54, 1.807) is 0 Å². The first-order valence-corrected chi connectivity index (χ1v) is 13.8. The molecule has 6 rings (SSSR count). The van der Waals surface area contributed by atoms with Crippen molar-refractivity contribution in [2.24, 2.45) is 0 Å². The van der Waals surface area contributed by atoms with Gasteiger partial charge in [0.05, 0.1) is 5.69 Å². The SMILES string of the molecule is CCCCCCc1cc(C)c(-n2ccnc2-c2ccccc2)c(C)c1-c1ccc2oc3ccccc3c2c1. The molecule has 0 spiro atoms. The molecule has 6 aromatic rings. The van der Waals surface area contributed by atoms with Gasteiger partial charge in [-0.25, -0.2) is 4.98 Å². The second kappa shape index (κ2) is 10.3. The highest BCUT2D eigenvalue weighted by molar-refractivity contribution is 6.06. The summed E-state index contributed by atoms with van der Waals surface area (Å²) in [5.74, 6) is 0.967. The molecule has 4 aromatic carbocycles. The van der Waals surface area contributed by atoms with Crippen molar-refractivity contribution in [3.05, 3.63) is 108 Å². The third-order valence-corrected chi connectivity index (χ3v) is 7.69. The summed E-state index contributed by atoms with van der Waals surface area (Å²) in [5, 5.41) is 2.34. The van der Waals surface area contributed by atoms with E-state index in [9.17, 15) is 0 Å². The normalized spacial score (nSPS) is 11.6. The number of benzene rings is 4. The lowest BCUT2D eigenvalue weighted by molar-refractivity contribution is 0.667. The molecule has 0 aliphatic rings. The minimum Gasteiger partial charge on any atom is -0.456 e. The molecule has 0 amide bonds. The van der Waals surface area contributed by atoms with E-state index in [2.05, 4.69) is 98.3 Å². The smallest absolute Gasteiger partial charge is 0.144 e. The Labute approximate surface area is 224 Å². The van der Waals surface area contributed by atoms with E-state index in [0.29, 0.717) is 0 Å². The molecule has 2 aromatic heterocycles. The highest BCUT2D eigenvalue weighted by atomic mass is 16.3. The Hall–Kier alpha value is -4.11. The molecule has 190 valence electrons. The van der Waals surface area contributed by atoms with Crippen molar-refractivity contribution in [2.45, 2.75) is 52.9 Å². The summed E-state index contributed by atoms with van der Waals surface area (Å²) in [7, 11) is 0. The second-order valence-electron chi connectivity index (χ2n) is 10.3. The average Bonchev–Trinajstić information content (AvgIpc) is 3.56. The van der Waals surface area contributed by atoms with Crippen molar-refractivity contribution in [1.29, 1.82) is 0 Å². The molecule has 0 fully saturated rings. The Morgan fingerprint density at radius 2 is 1.55 bits per heavy atom. The minimum atomic E-state index is 0.936. The Balaban J connectivity index is 1.55. The number of unbranched alkanes of at least 4 members (excludes halogenated alkanes) is 3. The maximum Gasteiger partial charge on any atom is 0.144 e. The number of furan rings is 1. The molecule has 0 radical (unpaired) electrons. The van der Waals surface area contributed by atoms with Crippen molar-refractivity contribution >= 4 is 21.9 Å². The van der Waals surface area contributed by atoms with Gasteiger partial charge in [-0.2, -0.15) is 0 Å². The second-order valence-corrected chi connectivity index (χ2v) is 10.3. The fraction of sp³-hybridized carbons (Fsp3) is 0.229. The Bertz CT molecular complexity index is 1720. The zero-order valence-electron chi connectivity index (χ0n) is 22.5. The van der Waals surface area contributed by atoms with Crippen LogP contribution in [0.5, 0.6) is 0 Å². The van der Waals surface area contributed by atoms with Gasteiger partial charge >= 0.3 is 0 Å². The number of nitrogens with zero attached hydrogens (tertiary/aromatic N) is 2. The van der Waals surface area contributed by atoms with E-state index in [-0.39, 0.29) is 0 Å². The van der Waals surface area contributed by atoms with Crippen LogP contribution in [0.1, 0.15) is 49.3 Å². The molecule has 0 aliphatic heterocycles. The lowest BCUT2D eigenvalue weighted by Gasteiger charge is -2.21. The molecule has 0 unspecified atom stereocenters. The van der Waals surface area contributed by atoms with Crippen LogP contribution >= 0.6 is 0 Å². The number of hydrogen-bond donors (Lipinski definition) is 0. The van der Waals surface area contributed by atoms with E-state index in [1.165, 1.54) is 70.0 Å². The first kappa shape index (κ1) is 24.2. The average molecular weight is 499 g/mol. The lowest BCUT2D eigenvalue weighted by Crippen LogP contribution is -2.06. The van der Waals surface area contributed by atoms with Gasteiger partial charge < -0.3 is 4.42 Å². The van der Waals surface area contributed by atoms with E-state index in [1.807, 2.05) is 18.3 Å². The highest BCUT2D eigenvalue weighted by Gasteiger charge is 2.19. The fourth-order valence-corrected chi connectivity index (χ4v) is 5.94. The van der Waals surface area contributed by atoms with Gasteiger partial charge in [0.15, 0.2) is 0 Å². The summed E-state index contributed by atoms with van der Waals surface area (Å²) >= 11 is 0. The van der Waals surface area contributed by atoms with Crippen molar-refractivity contribution < 1.29 is 4.42 Å². The summed E-state index contributed by atoms with van der Waals surface area (Å²) < 4.78 is 8.41. The quantitative estimate of drug-likeness (QED) is 0.196. The first-order valence-electron chi connectivity index (χ1n) is 13.8. The Kier molecular flexibility index (Phi) is 6.59. The zero-order chi connectivity index (χ0) is 26.1. The third kappa shape index (κ3) is 4.32. The molecule has 0 saturated heterocycles. The zero-order valence-corrected chi connectivity index (χ0v) is 22.5. The molecule has 0 N–H and O–H groups in total. The highest BCUT2D eigenvalue weighted by Crippen LogP contribution is 2.39. The molecule has 0 atom stereocenters. The molecule has 0 aliphatic carbocycles. The van der Waals surface area contributed by atoms with Crippen LogP contribution in [0.15, 0.2) is 95.7 Å². The Morgan fingerprint density at radius 1 is 0.763 bits per heavy atom. The van der Waals surface area contributed by atoms with Crippen LogP contribution in [0.4, 0.5) is 0 Å². The van der Waals surface area contributed by atoms with Crippen LogP contribution in [-0.2, 0) is 6.42 Å². The van der Waals surface area contributed by atoms with Gasteiger partial charge in [0.1, 0.15) is 17.0 Å². The number of aromatic nitrogens is 2. The monoisotopic (exact) mass is 498 g/mol. The van der Waals surface area contributed by atoms with Gasteiger partial charge in [0.25, 0.3) is 0 Å². The summed E-state index contributed by atoms with van der Waals surface area (Å²) in [4.78, 5) is 4.76. The largest absolute Gasteiger partial charge is 0.456 e. The molecule has 0 saturated carbocycles. The van der Waals surface area contributed by atoms with Crippen LogP contribution < -0.4 is 0 Å². The molecule has 2 heterocycles. The van der Waals surface area contributed by atoms with Crippen molar-refractivity contribution in [3.63, 3.8) is 0 Å².